The second kappa shape index (κ2) is 8.57. The third-order valence-corrected chi connectivity index (χ3v) is 6.83. The summed E-state index contributed by atoms with van der Waals surface area (Å²) in [6.45, 7) is 0.122. The molecule has 1 heterocycles. The molecule has 1 saturated carbocycles. The predicted octanol–water partition coefficient (Wildman–Crippen LogP) is 3.98. The molecule has 0 aromatic heterocycles. The fourth-order valence-electron chi connectivity index (χ4n) is 4.95. The van der Waals surface area contributed by atoms with Gasteiger partial charge >= 0.3 is 0 Å². The summed E-state index contributed by atoms with van der Waals surface area (Å²) in [5.41, 5.74) is 1.24. The van der Waals surface area contributed by atoms with Crippen LogP contribution in [0.25, 0.3) is 0 Å². The summed E-state index contributed by atoms with van der Waals surface area (Å²) < 4.78 is 11.2. The van der Waals surface area contributed by atoms with Crippen LogP contribution in [0.3, 0.4) is 0 Å². The molecule has 2 amide bonds. The second-order valence-corrected chi connectivity index (χ2v) is 8.89. The standard InChI is InChI=1S/C24H20ClN3O6/c1-33-19-9-14(8-18(25)22(19)34-12-13-2-6-17(7-3-13)28(31)32)11-26-27-23(29)20-15-4-5-16(10-15)21(20)24(27)30/h2-9,11,15-16,20-21H,10,12H2,1H3. The summed E-state index contributed by atoms with van der Waals surface area (Å²) >= 11 is 6.41. The van der Waals surface area contributed by atoms with E-state index < -0.39 is 4.92 Å². The number of benzene rings is 2. The summed E-state index contributed by atoms with van der Waals surface area (Å²) in [7, 11) is 1.46. The number of nitrogens with zero attached hydrogens (tertiary/aromatic N) is 3. The molecule has 2 fully saturated rings. The van der Waals surface area contributed by atoms with Gasteiger partial charge in [0.05, 0.1) is 35.1 Å². The lowest BCUT2D eigenvalue weighted by molar-refractivity contribution is -0.384. The molecule has 4 atom stereocenters. The van der Waals surface area contributed by atoms with E-state index in [0.717, 1.165) is 17.0 Å². The molecule has 5 rings (SSSR count). The minimum atomic E-state index is -0.471. The zero-order chi connectivity index (χ0) is 24.0. The van der Waals surface area contributed by atoms with Gasteiger partial charge in [0.15, 0.2) is 11.5 Å². The number of hydrogen-bond donors (Lipinski definition) is 0. The maximum Gasteiger partial charge on any atom is 0.269 e. The molecule has 2 aromatic rings. The highest BCUT2D eigenvalue weighted by molar-refractivity contribution is 6.32. The molecule has 2 aromatic carbocycles. The molecular weight excluding hydrogens is 462 g/mol. The van der Waals surface area contributed by atoms with Crippen molar-refractivity contribution in [2.75, 3.05) is 7.11 Å². The molecule has 9 nitrogen and oxygen atoms in total. The lowest BCUT2D eigenvalue weighted by Crippen LogP contribution is -2.28. The van der Waals surface area contributed by atoms with Gasteiger partial charge < -0.3 is 9.47 Å². The van der Waals surface area contributed by atoms with Crippen molar-refractivity contribution in [2.24, 2.45) is 28.8 Å². The van der Waals surface area contributed by atoms with Crippen molar-refractivity contribution in [3.8, 4) is 11.5 Å². The number of hydrogen-bond acceptors (Lipinski definition) is 7. The number of ether oxygens (including phenoxy) is 2. The van der Waals surface area contributed by atoms with Gasteiger partial charge in [0.2, 0.25) is 0 Å². The van der Waals surface area contributed by atoms with Crippen LogP contribution in [0, 0.1) is 33.8 Å². The second-order valence-electron chi connectivity index (χ2n) is 8.48. The Labute approximate surface area is 199 Å². The van der Waals surface area contributed by atoms with Gasteiger partial charge in [0.1, 0.15) is 6.61 Å². The summed E-state index contributed by atoms with van der Waals surface area (Å²) in [4.78, 5) is 35.9. The number of hydrazone groups is 1. The summed E-state index contributed by atoms with van der Waals surface area (Å²) in [5, 5.41) is 16.2. The molecule has 1 aliphatic heterocycles. The molecule has 3 aliphatic rings. The zero-order valence-electron chi connectivity index (χ0n) is 18.1. The number of halogens is 1. The molecule has 2 aliphatic carbocycles. The third-order valence-electron chi connectivity index (χ3n) is 6.55. The maximum absolute atomic E-state index is 12.8. The number of nitro benzene ring substituents is 1. The van der Waals surface area contributed by atoms with Crippen molar-refractivity contribution in [1.29, 1.82) is 0 Å². The summed E-state index contributed by atoms with van der Waals surface area (Å²) in [5.74, 6) is -0.268. The van der Waals surface area contributed by atoms with Gasteiger partial charge in [-0.1, -0.05) is 23.8 Å². The monoisotopic (exact) mass is 481 g/mol. The van der Waals surface area contributed by atoms with Crippen LogP contribution in [0.2, 0.25) is 5.02 Å². The number of rotatable bonds is 7. The minimum absolute atomic E-state index is 0.00878. The van der Waals surface area contributed by atoms with Crippen molar-refractivity contribution in [3.05, 3.63) is 74.8 Å². The van der Waals surface area contributed by atoms with E-state index in [1.165, 1.54) is 25.5 Å². The van der Waals surface area contributed by atoms with Crippen LogP contribution < -0.4 is 9.47 Å². The molecule has 4 unspecified atom stereocenters. The van der Waals surface area contributed by atoms with E-state index in [-0.39, 0.29) is 52.8 Å². The van der Waals surface area contributed by atoms with Crippen molar-refractivity contribution in [1.82, 2.24) is 5.01 Å². The number of carbonyl (C=O) groups is 2. The lowest BCUT2D eigenvalue weighted by atomic mass is 9.85. The minimum Gasteiger partial charge on any atom is -0.493 e. The Hall–Kier alpha value is -3.72. The first-order valence-electron chi connectivity index (χ1n) is 10.7. The van der Waals surface area contributed by atoms with Crippen molar-refractivity contribution < 1.29 is 24.0 Å². The van der Waals surface area contributed by atoms with Crippen molar-refractivity contribution in [2.45, 2.75) is 13.0 Å². The molecular formula is C24H20ClN3O6. The fourth-order valence-corrected chi connectivity index (χ4v) is 5.22. The molecule has 0 spiro atoms. The van der Waals surface area contributed by atoms with Crippen molar-refractivity contribution >= 4 is 35.3 Å². The number of amides is 2. The molecule has 174 valence electrons. The Balaban J connectivity index is 1.31. The lowest BCUT2D eigenvalue weighted by Gasteiger charge is -2.14. The van der Waals surface area contributed by atoms with Crippen LogP contribution in [-0.4, -0.2) is 35.1 Å². The number of imide groups is 1. The number of nitro groups is 1. The van der Waals surface area contributed by atoms with Gasteiger partial charge in [-0.25, -0.2) is 0 Å². The SMILES string of the molecule is COc1cc(C=NN2C(=O)C3C4C=CC(C4)C3C2=O)cc(Cl)c1OCc1ccc([N+](=O)[O-])cc1. The van der Waals surface area contributed by atoms with E-state index >= 15 is 0 Å². The molecule has 34 heavy (non-hydrogen) atoms. The predicted molar refractivity (Wildman–Crippen MR) is 123 cm³/mol. The van der Waals surface area contributed by atoms with Crippen LogP contribution in [0.4, 0.5) is 5.69 Å². The number of fused-ring (bicyclic) bond motifs is 5. The molecule has 2 bridgehead atoms. The fraction of sp³-hybridized carbons (Fsp3) is 0.292. The first-order chi connectivity index (χ1) is 16.4. The van der Waals surface area contributed by atoms with Crippen LogP contribution in [0.15, 0.2) is 53.7 Å². The Kier molecular flexibility index (Phi) is 5.57. The van der Waals surface area contributed by atoms with Gasteiger partial charge in [0, 0.05) is 12.1 Å². The Morgan fingerprint density at radius 1 is 1.15 bits per heavy atom. The largest absolute Gasteiger partial charge is 0.493 e. The Morgan fingerprint density at radius 2 is 1.79 bits per heavy atom. The smallest absolute Gasteiger partial charge is 0.269 e. The van der Waals surface area contributed by atoms with E-state index in [9.17, 15) is 19.7 Å². The third kappa shape index (κ3) is 3.71. The Bertz CT molecular complexity index is 1210. The van der Waals surface area contributed by atoms with Crippen LogP contribution >= 0.6 is 11.6 Å². The topological polar surface area (TPSA) is 111 Å². The van der Waals surface area contributed by atoms with E-state index in [1.807, 2.05) is 12.2 Å². The van der Waals surface area contributed by atoms with Crippen molar-refractivity contribution in [3.63, 3.8) is 0 Å². The molecule has 0 radical (unpaired) electrons. The first kappa shape index (κ1) is 22.1. The highest BCUT2D eigenvalue weighted by Gasteiger charge is 2.59. The average molecular weight is 482 g/mol. The van der Waals surface area contributed by atoms with E-state index in [4.69, 9.17) is 21.1 Å². The van der Waals surface area contributed by atoms with Gasteiger partial charge in [-0.05, 0) is 53.6 Å². The van der Waals surface area contributed by atoms with Gasteiger partial charge in [-0.2, -0.15) is 10.1 Å². The van der Waals surface area contributed by atoms with Gasteiger partial charge in [-0.15, -0.1) is 0 Å². The van der Waals surface area contributed by atoms with Crippen LogP contribution in [-0.2, 0) is 16.2 Å². The zero-order valence-corrected chi connectivity index (χ0v) is 18.8. The van der Waals surface area contributed by atoms with Crippen LogP contribution in [0.1, 0.15) is 17.5 Å². The van der Waals surface area contributed by atoms with Gasteiger partial charge in [-0.3, -0.25) is 19.7 Å². The quantitative estimate of drug-likeness (QED) is 0.194. The number of non-ortho nitro benzene ring substituents is 1. The highest BCUT2D eigenvalue weighted by atomic mass is 35.5. The summed E-state index contributed by atoms with van der Waals surface area (Å²) in [6.07, 6.45) is 6.33. The van der Waals surface area contributed by atoms with E-state index in [1.54, 1.807) is 24.3 Å². The number of carbonyl (C=O) groups excluding carboxylic acids is 2. The molecule has 0 N–H and O–H groups in total. The maximum atomic E-state index is 12.8. The van der Waals surface area contributed by atoms with E-state index in [2.05, 4.69) is 5.10 Å². The normalized spacial score (nSPS) is 24.8. The summed E-state index contributed by atoms with van der Waals surface area (Å²) in [6, 6.07) is 9.22. The van der Waals surface area contributed by atoms with E-state index in [0.29, 0.717) is 17.1 Å². The Morgan fingerprint density at radius 3 is 2.38 bits per heavy atom. The first-order valence-corrected chi connectivity index (χ1v) is 11.1. The molecule has 10 heteroatoms. The highest BCUT2D eigenvalue weighted by Crippen LogP contribution is 2.52. The van der Waals surface area contributed by atoms with Crippen LogP contribution in [0.5, 0.6) is 11.5 Å². The average Bonchev–Trinajstić information content (AvgIpc) is 3.51. The number of methoxy groups -OCH3 is 1. The molecule has 1 saturated heterocycles. The number of allylic oxidation sites excluding steroid dienone is 2. The van der Waals surface area contributed by atoms with Gasteiger partial charge in [0.25, 0.3) is 17.5 Å².